The van der Waals surface area contributed by atoms with Gasteiger partial charge in [-0.1, -0.05) is 130 Å². The lowest BCUT2D eigenvalue weighted by atomic mass is 9.98. The Hall–Kier alpha value is -4.66. The smallest absolute Gasteiger partial charge is 0.407 e. The molecule has 0 unspecified atom stereocenters. The highest BCUT2D eigenvalue weighted by atomic mass is 16.6. The Morgan fingerprint density at radius 3 is 2.08 bits per heavy atom. The second-order valence-electron chi connectivity index (χ2n) is 14.8. The third kappa shape index (κ3) is 11.4. The van der Waals surface area contributed by atoms with E-state index in [2.05, 4.69) is 59.1 Å². The number of aromatic nitrogens is 2. The number of fused-ring (bicyclic) bond motifs is 3. The van der Waals surface area contributed by atoms with E-state index >= 15 is 0 Å². The summed E-state index contributed by atoms with van der Waals surface area (Å²) in [4.78, 5) is 30.1. The van der Waals surface area contributed by atoms with Crippen molar-refractivity contribution >= 4 is 12.2 Å². The minimum Gasteiger partial charge on any atom is -0.449 e. The van der Waals surface area contributed by atoms with E-state index in [1.165, 1.54) is 68.1 Å². The van der Waals surface area contributed by atoms with E-state index < -0.39 is 23.8 Å². The van der Waals surface area contributed by atoms with Crippen LogP contribution in [0.2, 0.25) is 0 Å². The minimum atomic E-state index is -0.570. The number of nitrogens with zero attached hydrogens (tertiary/aromatic N) is 2. The molecule has 0 saturated heterocycles. The van der Waals surface area contributed by atoms with Crippen molar-refractivity contribution in [2.24, 2.45) is 0 Å². The van der Waals surface area contributed by atoms with Gasteiger partial charge in [-0.15, -0.1) is 0 Å². The summed E-state index contributed by atoms with van der Waals surface area (Å²) in [5, 5.41) is 10.1. The number of aryl methyl sites for hydroxylation is 1. The van der Waals surface area contributed by atoms with Crippen LogP contribution < -0.4 is 10.6 Å². The molecule has 2 amide bonds. The predicted octanol–water partition coefficient (Wildman–Crippen LogP) is 10.7. The highest BCUT2D eigenvalue weighted by Gasteiger charge is 2.30. The van der Waals surface area contributed by atoms with E-state index in [9.17, 15) is 9.59 Å². The van der Waals surface area contributed by atoms with Gasteiger partial charge in [-0.05, 0) is 80.7 Å². The topological polar surface area (TPSA) is 116 Å². The van der Waals surface area contributed by atoms with Gasteiger partial charge in [0.2, 0.25) is 11.7 Å². The number of nitrogens with one attached hydrogen (secondary N) is 2. The number of unbranched alkanes of at least 4 members (excludes halogenated alkanes) is 8. The Morgan fingerprint density at radius 2 is 1.42 bits per heavy atom. The van der Waals surface area contributed by atoms with Crippen LogP contribution in [0.1, 0.15) is 133 Å². The number of benzene rings is 3. The fraction of sp³-hybridized carbons (Fsp3) is 0.488. The minimum absolute atomic E-state index is 0.0518. The molecule has 0 bridgehead atoms. The first-order valence-corrected chi connectivity index (χ1v) is 19.2. The zero-order chi connectivity index (χ0) is 36.8. The lowest BCUT2D eigenvalue weighted by Gasteiger charge is -2.20. The van der Waals surface area contributed by atoms with Crippen molar-refractivity contribution in [2.45, 2.75) is 122 Å². The van der Waals surface area contributed by atoms with Crippen LogP contribution in [-0.4, -0.2) is 41.1 Å². The molecule has 2 N–H and O–H groups in total. The average Bonchev–Trinajstić information content (AvgIpc) is 3.74. The second kappa shape index (κ2) is 19.3. The summed E-state index contributed by atoms with van der Waals surface area (Å²) in [5.41, 5.74) is 6.23. The van der Waals surface area contributed by atoms with Gasteiger partial charge in [-0.3, -0.25) is 0 Å². The highest BCUT2D eigenvalue weighted by molar-refractivity contribution is 5.79. The van der Waals surface area contributed by atoms with E-state index in [0.29, 0.717) is 37.5 Å². The maximum Gasteiger partial charge on any atom is 0.407 e. The molecule has 1 aromatic heterocycles. The van der Waals surface area contributed by atoms with Crippen molar-refractivity contribution < 1.29 is 23.6 Å². The lowest BCUT2D eigenvalue weighted by Crippen LogP contribution is -2.33. The summed E-state index contributed by atoms with van der Waals surface area (Å²) in [6, 6.07) is 24.3. The van der Waals surface area contributed by atoms with Gasteiger partial charge in [0.25, 0.3) is 0 Å². The molecular weight excluding hydrogens is 652 g/mol. The molecule has 3 aromatic carbocycles. The number of rotatable bonds is 19. The second-order valence-corrected chi connectivity index (χ2v) is 14.8. The van der Waals surface area contributed by atoms with Gasteiger partial charge in [0, 0.05) is 18.0 Å². The number of carbonyl (C=O) groups is 2. The van der Waals surface area contributed by atoms with Gasteiger partial charge >= 0.3 is 12.2 Å². The van der Waals surface area contributed by atoms with Crippen molar-refractivity contribution in [1.29, 1.82) is 0 Å². The quantitative estimate of drug-likeness (QED) is 0.0931. The molecule has 278 valence electrons. The Bertz CT molecular complexity index is 1670. The molecule has 9 nitrogen and oxygen atoms in total. The van der Waals surface area contributed by atoms with Gasteiger partial charge < -0.3 is 24.6 Å². The van der Waals surface area contributed by atoms with Crippen molar-refractivity contribution in [3.8, 4) is 22.5 Å². The SMILES string of the molecule is CCCCCCCCCCc1ccc(-c2noc([C@@H](CCCCNC(=O)OC(C)(C)C)NC(=O)OCC3c4ccccc4-c4ccccc43)n2)cc1. The third-order valence-electron chi connectivity index (χ3n) is 9.49. The number of hydrogen-bond acceptors (Lipinski definition) is 7. The van der Waals surface area contributed by atoms with Crippen molar-refractivity contribution in [2.75, 3.05) is 13.2 Å². The predicted molar refractivity (Wildman–Crippen MR) is 205 cm³/mol. The van der Waals surface area contributed by atoms with Gasteiger partial charge in [0.15, 0.2) is 0 Å². The van der Waals surface area contributed by atoms with Gasteiger partial charge in [-0.2, -0.15) is 4.98 Å². The standard InChI is InChI=1S/C43H56N4O5/c1-5-6-7-8-9-10-11-12-19-31-25-27-32(28-26-31)39-46-40(52-47-39)38(24-17-18-29-44-41(48)51-43(2,3)4)45-42(49)50-30-37-35-22-15-13-20-33(35)34-21-14-16-23-36(34)37/h13-16,20-23,25-28,37-38H,5-12,17-19,24,29-30H2,1-4H3,(H,44,48)(H,45,49)/t38-/m1/s1. The Kier molecular flexibility index (Phi) is 14.3. The maximum absolute atomic E-state index is 13.3. The van der Waals surface area contributed by atoms with Crippen LogP contribution in [0.5, 0.6) is 0 Å². The monoisotopic (exact) mass is 708 g/mol. The molecule has 1 aliphatic rings. The van der Waals surface area contributed by atoms with E-state index in [1.54, 1.807) is 0 Å². The van der Waals surface area contributed by atoms with Gasteiger partial charge in [0.1, 0.15) is 18.2 Å². The number of hydrogen-bond donors (Lipinski definition) is 2. The number of amides is 2. The van der Waals surface area contributed by atoms with Crippen molar-refractivity contribution in [1.82, 2.24) is 20.8 Å². The first kappa shape index (κ1) is 38.6. The molecule has 1 aliphatic carbocycles. The fourth-order valence-corrected chi connectivity index (χ4v) is 6.80. The zero-order valence-electron chi connectivity index (χ0n) is 31.4. The first-order chi connectivity index (χ1) is 25.2. The molecular formula is C43H56N4O5. The number of alkyl carbamates (subject to hydrolysis) is 2. The molecule has 0 saturated carbocycles. The number of ether oxygens (including phenoxy) is 2. The summed E-state index contributed by atoms with van der Waals surface area (Å²) < 4.78 is 16.9. The van der Waals surface area contributed by atoms with E-state index in [-0.39, 0.29) is 12.5 Å². The van der Waals surface area contributed by atoms with Crippen LogP contribution in [0, 0.1) is 0 Å². The summed E-state index contributed by atoms with van der Waals surface area (Å²) in [6.45, 7) is 8.39. The Balaban J connectivity index is 1.18. The molecule has 0 fully saturated rings. The highest BCUT2D eigenvalue weighted by Crippen LogP contribution is 2.44. The molecule has 0 radical (unpaired) electrons. The summed E-state index contributed by atoms with van der Waals surface area (Å²) >= 11 is 0. The summed E-state index contributed by atoms with van der Waals surface area (Å²) in [5.74, 6) is 0.732. The molecule has 1 heterocycles. The first-order valence-electron chi connectivity index (χ1n) is 19.2. The molecule has 52 heavy (non-hydrogen) atoms. The van der Waals surface area contributed by atoms with Gasteiger partial charge in [0.05, 0.1) is 0 Å². The van der Waals surface area contributed by atoms with Crippen LogP contribution in [0.25, 0.3) is 22.5 Å². The third-order valence-corrected chi connectivity index (χ3v) is 9.49. The maximum atomic E-state index is 13.3. The Labute approximate surface area is 309 Å². The van der Waals surface area contributed by atoms with E-state index in [4.69, 9.17) is 19.0 Å². The molecule has 5 rings (SSSR count). The van der Waals surface area contributed by atoms with E-state index in [1.807, 2.05) is 57.2 Å². The van der Waals surface area contributed by atoms with Gasteiger partial charge in [-0.25, -0.2) is 9.59 Å². The fourth-order valence-electron chi connectivity index (χ4n) is 6.80. The van der Waals surface area contributed by atoms with Crippen LogP contribution >= 0.6 is 0 Å². The van der Waals surface area contributed by atoms with Crippen LogP contribution in [-0.2, 0) is 15.9 Å². The molecule has 0 aliphatic heterocycles. The normalized spacial score (nSPS) is 12.9. The lowest BCUT2D eigenvalue weighted by molar-refractivity contribution is 0.0527. The molecule has 1 atom stereocenters. The zero-order valence-corrected chi connectivity index (χ0v) is 31.4. The molecule has 9 heteroatoms. The van der Waals surface area contributed by atoms with Crippen LogP contribution in [0.4, 0.5) is 9.59 Å². The largest absolute Gasteiger partial charge is 0.449 e. The van der Waals surface area contributed by atoms with Crippen molar-refractivity contribution in [3.63, 3.8) is 0 Å². The van der Waals surface area contributed by atoms with E-state index in [0.717, 1.165) is 23.1 Å². The summed E-state index contributed by atoms with van der Waals surface area (Å²) in [7, 11) is 0. The van der Waals surface area contributed by atoms with Crippen molar-refractivity contribution in [3.05, 3.63) is 95.4 Å². The number of carbonyl (C=O) groups excluding carboxylic acids is 2. The average molecular weight is 709 g/mol. The Morgan fingerprint density at radius 1 is 0.788 bits per heavy atom. The molecule has 4 aromatic rings. The van der Waals surface area contributed by atoms with Crippen LogP contribution in [0.3, 0.4) is 0 Å². The molecule has 0 spiro atoms. The van der Waals surface area contributed by atoms with Crippen LogP contribution in [0.15, 0.2) is 77.3 Å². The summed E-state index contributed by atoms with van der Waals surface area (Å²) in [6.07, 6.45) is 12.3.